The highest BCUT2D eigenvalue weighted by molar-refractivity contribution is 8.13. The van der Waals surface area contributed by atoms with Crippen molar-refractivity contribution in [1.82, 2.24) is 4.90 Å². The van der Waals surface area contributed by atoms with Crippen LogP contribution < -0.4 is 0 Å². The van der Waals surface area contributed by atoms with Gasteiger partial charge >= 0.3 is 0 Å². The van der Waals surface area contributed by atoms with Crippen LogP contribution >= 0.6 is 10.7 Å². The minimum absolute atomic E-state index is 0.0151. The fraction of sp³-hybridized carbons (Fsp3) is 0.417. The first-order chi connectivity index (χ1) is 8.44. The van der Waals surface area contributed by atoms with E-state index in [9.17, 15) is 13.2 Å². The zero-order valence-corrected chi connectivity index (χ0v) is 11.2. The predicted molar refractivity (Wildman–Crippen MR) is 67.8 cm³/mol. The SMILES string of the molecule is O=C1c2cc(CS(=O)(=O)Cl)ccc2CN1C1CC1. The van der Waals surface area contributed by atoms with Crippen molar-refractivity contribution < 1.29 is 13.2 Å². The normalized spacial score (nSPS) is 19.2. The van der Waals surface area contributed by atoms with Crippen molar-refractivity contribution in [3.05, 3.63) is 34.9 Å². The quantitative estimate of drug-likeness (QED) is 0.797. The lowest BCUT2D eigenvalue weighted by Crippen LogP contribution is -2.25. The second-order valence-corrected chi connectivity index (χ2v) is 7.62. The highest BCUT2D eigenvalue weighted by Gasteiger charge is 2.38. The molecule has 1 aromatic carbocycles. The Balaban J connectivity index is 1.91. The van der Waals surface area contributed by atoms with Crippen molar-refractivity contribution in [2.45, 2.75) is 31.2 Å². The number of fused-ring (bicyclic) bond motifs is 1. The molecule has 6 heteroatoms. The second kappa shape index (κ2) is 3.96. The molecule has 0 aromatic heterocycles. The van der Waals surface area contributed by atoms with E-state index >= 15 is 0 Å². The molecule has 2 aliphatic rings. The van der Waals surface area contributed by atoms with E-state index in [4.69, 9.17) is 10.7 Å². The summed E-state index contributed by atoms with van der Waals surface area (Å²) in [4.78, 5) is 14.0. The summed E-state index contributed by atoms with van der Waals surface area (Å²) in [6, 6.07) is 5.58. The number of amides is 1. The third kappa shape index (κ3) is 2.24. The van der Waals surface area contributed by atoms with Crippen LogP contribution in [0.1, 0.15) is 34.3 Å². The highest BCUT2D eigenvalue weighted by atomic mass is 35.7. The van der Waals surface area contributed by atoms with Crippen LogP contribution in [-0.2, 0) is 21.3 Å². The molecule has 0 saturated heterocycles. The van der Waals surface area contributed by atoms with Gasteiger partial charge in [-0.15, -0.1) is 0 Å². The molecule has 0 radical (unpaired) electrons. The van der Waals surface area contributed by atoms with E-state index in [1.54, 1.807) is 12.1 Å². The minimum atomic E-state index is -3.58. The van der Waals surface area contributed by atoms with Crippen molar-refractivity contribution in [2.75, 3.05) is 0 Å². The molecule has 0 N–H and O–H groups in total. The van der Waals surface area contributed by atoms with Crippen LogP contribution in [-0.4, -0.2) is 25.3 Å². The standard InChI is InChI=1S/C12H12ClNO3S/c13-18(16,17)7-8-1-2-9-6-14(10-3-4-10)12(15)11(9)5-8/h1-2,5,10H,3-4,6-7H2. The summed E-state index contributed by atoms with van der Waals surface area (Å²) in [5.41, 5.74) is 2.16. The first-order valence-corrected chi connectivity index (χ1v) is 8.27. The number of rotatable bonds is 3. The Morgan fingerprint density at radius 2 is 2.06 bits per heavy atom. The molecule has 0 unspecified atom stereocenters. The maximum atomic E-state index is 12.1. The van der Waals surface area contributed by atoms with Gasteiger partial charge in [-0.2, -0.15) is 0 Å². The van der Waals surface area contributed by atoms with E-state index in [0.29, 0.717) is 23.7 Å². The number of carbonyl (C=O) groups is 1. The zero-order chi connectivity index (χ0) is 12.9. The van der Waals surface area contributed by atoms with Crippen LogP contribution in [0.25, 0.3) is 0 Å². The van der Waals surface area contributed by atoms with Gasteiger partial charge in [0.15, 0.2) is 0 Å². The molecule has 96 valence electrons. The lowest BCUT2D eigenvalue weighted by Gasteiger charge is -2.13. The average molecular weight is 286 g/mol. The summed E-state index contributed by atoms with van der Waals surface area (Å²) in [6.45, 7) is 0.646. The summed E-state index contributed by atoms with van der Waals surface area (Å²) in [6.07, 6.45) is 2.14. The summed E-state index contributed by atoms with van der Waals surface area (Å²) >= 11 is 0. The van der Waals surface area contributed by atoms with Crippen LogP contribution in [0.5, 0.6) is 0 Å². The molecule has 3 rings (SSSR count). The third-order valence-electron chi connectivity index (χ3n) is 3.33. The predicted octanol–water partition coefficient (Wildman–Crippen LogP) is 1.87. The Labute approximate surface area is 110 Å². The molecule has 0 atom stereocenters. The van der Waals surface area contributed by atoms with Gasteiger partial charge < -0.3 is 4.90 Å². The Morgan fingerprint density at radius 1 is 1.33 bits per heavy atom. The first-order valence-electron chi connectivity index (χ1n) is 5.79. The second-order valence-electron chi connectivity index (χ2n) is 4.84. The van der Waals surface area contributed by atoms with Crippen LogP contribution in [0.2, 0.25) is 0 Å². The maximum absolute atomic E-state index is 12.1. The smallest absolute Gasteiger partial charge is 0.254 e. The van der Waals surface area contributed by atoms with E-state index in [1.807, 2.05) is 11.0 Å². The van der Waals surface area contributed by atoms with Crippen LogP contribution in [0.15, 0.2) is 18.2 Å². The summed E-state index contributed by atoms with van der Waals surface area (Å²) in [5.74, 6) is -0.222. The summed E-state index contributed by atoms with van der Waals surface area (Å²) in [5, 5.41) is 0. The fourth-order valence-corrected chi connectivity index (χ4v) is 3.30. The largest absolute Gasteiger partial charge is 0.331 e. The van der Waals surface area contributed by atoms with Gasteiger partial charge in [-0.3, -0.25) is 4.79 Å². The number of halogens is 1. The molecule has 1 saturated carbocycles. The molecule has 1 heterocycles. The van der Waals surface area contributed by atoms with Gasteiger partial charge in [-0.25, -0.2) is 8.42 Å². The van der Waals surface area contributed by atoms with Gasteiger partial charge in [0.2, 0.25) is 9.05 Å². The number of hydrogen-bond donors (Lipinski definition) is 0. The first kappa shape index (κ1) is 12.0. The zero-order valence-electron chi connectivity index (χ0n) is 9.60. The average Bonchev–Trinajstić information content (AvgIpc) is 3.04. The van der Waals surface area contributed by atoms with E-state index in [-0.39, 0.29) is 11.7 Å². The number of hydrogen-bond acceptors (Lipinski definition) is 3. The Hall–Kier alpha value is -1.07. The van der Waals surface area contributed by atoms with Gasteiger partial charge in [0.25, 0.3) is 5.91 Å². The molecule has 1 aromatic rings. The molecular weight excluding hydrogens is 274 g/mol. The number of benzene rings is 1. The van der Waals surface area contributed by atoms with Gasteiger partial charge in [-0.1, -0.05) is 12.1 Å². The van der Waals surface area contributed by atoms with Crippen molar-refractivity contribution in [1.29, 1.82) is 0 Å². The summed E-state index contributed by atoms with van der Waals surface area (Å²) in [7, 11) is 1.64. The molecule has 1 amide bonds. The summed E-state index contributed by atoms with van der Waals surface area (Å²) < 4.78 is 22.1. The Kier molecular flexibility index (Phi) is 2.64. The van der Waals surface area contributed by atoms with Crippen molar-refractivity contribution >= 4 is 25.6 Å². The van der Waals surface area contributed by atoms with E-state index < -0.39 is 9.05 Å². The molecule has 1 aliphatic carbocycles. The fourth-order valence-electron chi connectivity index (χ4n) is 2.34. The molecule has 4 nitrogen and oxygen atoms in total. The van der Waals surface area contributed by atoms with Crippen molar-refractivity contribution in [2.24, 2.45) is 0 Å². The van der Waals surface area contributed by atoms with Gasteiger partial charge in [-0.05, 0) is 30.0 Å². The van der Waals surface area contributed by atoms with E-state index in [0.717, 1.165) is 18.4 Å². The molecule has 0 spiro atoms. The number of nitrogens with zero attached hydrogens (tertiary/aromatic N) is 1. The molecule has 0 bridgehead atoms. The van der Waals surface area contributed by atoms with Crippen LogP contribution in [0.3, 0.4) is 0 Å². The Bertz CT molecular complexity index is 622. The monoisotopic (exact) mass is 285 g/mol. The Morgan fingerprint density at radius 3 is 2.67 bits per heavy atom. The molecular formula is C12H12ClNO3S. The van der Waals surface area contributed by atoms with Crippen LogP contribution in [0.4, 0.5) is 0 Å². The third-order valence-corrected chi connectivity index (χ3v) is 4.34. The van der Waals surface area contributed by atoms with Crippen LogP contribution in [0, 0.1) is 0 Å². The molecule has 1 fully saturated rings. The van der Waals surface area contributed by atoms with Crippen molar-refractivity contribution in [3.8, 4) is 0 Å². The lowest BCUT2D eigenvalue weighted by molar-refractivity contribution is 0.0766. The van der Waals surface area contributed by atoms with Gasteiger partial charge in [0, 0.05) is 28.8 Å². The number of carbonyl (C=O) groups excluding carboxylic acids is 1. The maximum Gasteiger partial charge on any atom is 0.254 e. The van der Waals surface area contributed by atoms with E-state index in [1.165, 1.54) is 0 Å². The van der Waals surface area contributed by atoms with Crippen molar-refractivity contribution in [3.63, 3.8) is 0 Å². The van der Waals surface area contributed by atoms with Gasteiger partial charge in [0.05, 0.1) is 5.75 Å². The minimum Gasteiger partial charge on any atom is -0.331 e. The molecule has 18 heavy (non-hydrogen) atoms. The molecule has 1 aliphatic heterocycles. The van der Waals surface area contributed by atoms with Gasteiger partial charge in [0.1, 0.15) is 0 Å². The topological polar surface area (TPSA) is 54.5 Å². The highest BCUT2D eigenvalue weighted by Crippen LogP contribution is 2.35. The lowest BCUT2D eigenvalue weighted by atomic mass is 10.1. The van der Waals surface area contributed by atoms with E-state index in [2.05, 4.69) is 0 Å².